The van der Waals surface area contributed by atoms with Gasteiger partial charge in [0.05, 0.1) is 11.4 Å². The van der Waals surface area contributed by atoms with Crippen LogP contribution < -0.4 is 5.32 Å². The molecule has 0 atom stereocenters. The van der Waals surface area contributed by atoms with E-state index in [0.29, 0.717) is 5.88 Å². The lowest BCUT2D eigenvalue weighted by molar-refractivity contribution is 0.0954. The van der Waals surface area contributed by atoms with Crippen molar-refractivity contribution in [1.82, 2.24) is 10.3 Å². The molecule has 2 heterocycles. The molecule has 0 radical (unpaired) electrons. The van der Waals surface area contributed by atoms with Gasteiger partial charge < -0.3 is 5.32 Å². The Hall–Kier alpha value is -1.03. The predicted octanol–water partition coefficient (Wildman–Crippen LogP) is 1.49. The number of rotatable bonds is 0. The Labute approximate surface area is 80.9 Å². The standard InChI is InChI=1S/C9H10N2OS/c1-5-3-6(2)11-9-7(5)8(12)10-4-13-9/h3H,4H2,1-2H3,(H,10,12). The van der Waals surface area contributed by atoms with Crippen molar-refractivity contribution in [2.75, 3.05) is 5.88 Å². The van der Waals surface area contributed by atoms with E-state index < -0.39 is 0 Å². The molecule has 0 saturated heterocycles. The third-order valence-electron chi connectivity index (χ3n) is 1.98. The number of aromatic nitrogens is 1. The Kier molecular flexibility index (Phi) is 2.00. The summed E-state index contributed by atoms with van der Waals surface area (Å²) in [7, 11) is 0. The normalized spacial score (nSPS) is 15.1. The van der Waals surface area contributed by atoms with E-state index in [4.69, 9.17) is 0 Å². The Balaban J connectivity index is 2.63. The molecule has 4 heteroatoms. The van der Waals surface area contributed by atoms with E-state index in [1.54, 1.807) is 11.8 Å². The second-order valence-corrected chi connectivity index (χ2v) is 4.02. The molecule has 68 valence electrons. The highest BCUT2D eigenvalue weighted by Gasteiger charge is 2.20. The van der Waals surface area contributed by atoms with Crippen LogP contribution in [0.3, 0.4) is 0 Å². The first-order valence-corrected chi connectivity index (χ1v) is 5.06. The maximum Gasteiger partial charge on any atom is 0.254 e. The molecular formula is C9H10N2OS. The van der Waals surface area contributed by atoms with Crippen LogP contribution in [0.15, 0.2) is 11.1 Å². The highest BCUT2D eigenvalue weighted by atomic mass is 32.2. The lowest BCUT2D eigenvalue weighted by Crippen LogP contribution is -2.28. The van der Waals surface area contributed by atoms with Gasteiger partial charge in [-0.2, -0.15) is 0 Å². The summed E-state index contributed by atoms with van der Waals surface area (Å²) >= 11 is 1.58. The number of hydrogen-bond acceptors (Lipinski definition) is 3. The Morgan fingerprint density at radius 3 is 3.08 bits per heavy atom. The molecule has 13 heavy (non-hydrogen) atoms. The Bertz CT molecular complexity index is 376. The summed E-state index contributed by atoms with van der Waals surface area (Å²) < 4.78 is 0. The summed E-state index contributed by atoms with van der Waals surface area (Å²) in [6, 6.07) is 1.93. The quantitative estimate of drug-likeness (QED) is 0.680. The maximum atomic E-state index is 11.5. The molecule has 1 N–H and O–H groups in total. The zero-order chi connectivity index (χ0) is 9.42. The fourth-order valence-electron chi connectivity index (χ4n) is 1.44. The minimum atomic E-state index is -0.00116. The van der Waals surface area contributed by atoms with Crippen molar-refractivity contribution in [2.45, 2.75) is 18.9 Å². The maximum absolute atomic E-state index is 11.5. The first-order valence-electron chi connectivity index (χ1n) is 4.08. The van der Waals surface area contributed by atoms with Crippen LogP contribution in [0, 0.1) is 13.8 Å². The van der Waals surface area contributed by atoms with Gasteiger partial charge in [0.2, 0.25) is 0 Å². The van der Waals surface area contributed by atoms with Gasteiger partial charge in [0, 0.05) is 5.69 Å². The van der Waals surface area contributed by atoms with E-state index in [-0.39, 0.29) is 5.91 Å². The van der Waals surface area contributed by atoms with Crippen LogP contribution in [-0.2, 0) is 0 Å². The molecule has 1 aromatic rings. The van der Waals surface area contributed by atoms with Crippen molar-refractivity contribution in [2.24, 2.45) is 0 Å². The molecule has 0 fully saturated rings. The number of hydrogen-bond donors (Lipinski definition) is 1. The molecule has 0 saturated carbocycles. The summed E-state index contributed by atoms with van der Waals surface area (Å²) in [5.41, 5.74) is 2.72. The number of aryl methyl sites for hydroxylation is 2. The average molecular weight is 194 g/mol. The van der Waals surface area contributed by atoms with Gasteiger partial charge in [0.1, 0.15) is 5.03 Å². The number of carbonyl (C=O) groups excluding carboxylic acids is 1. The second kappa shape index (κ2) is 3.03. The average Bonchev–Trinajstić information content (AvgIpc) is 2.02. The first-order chi connectivity index (χ1) is 6.18. The van der Waals surface area contributed by atoms with Gasteiger partial charge in [-0.05, 0) is 25.5 Å². The fourth-order valence-corrected chi connectivity index (χ4v) is 2.39. The first kappa shape index (κ1) is 8.56. The van der Waals surface area contributed by atoms with Gasteiger partial charge in [-0.15, -0.1) is 0 Å². The van der Waals surface area contributed by atoms with Crippen molar-refractivity contribution < 1.29 is 4.79 Å². The van der Waals surface area contributed by atoms with E-state index >= 15 is 0 Å². The predicted molar refractivity (Wildman–Crippen MR) is 51.9 cm³/mol. The molecule has 0 bridgehead atoms. The zero-order valence-corrected chi connectivity index (χ0v) is 8.36. The summed E-state index contributed by atoms with van der Waals surface area (Å²) in [6.07, 6.45) is 0. The van der Waals surface area contributed by atoms with Crippen LogP contribution in [0.5, 0.6) is 0 Å². The summed E-state index contributed by atoms with van der Waals surface area (Å²) in [4.78, 5) is 15.8. The second-order valence-electron chi connectivity index (χ2n) is 3.06. The third kappa shape index (κ3) is 1.42. The summed E-state index contributed by atoms with van der Waals surface area (Å²) in [5, 5.41) is 3.64. The molecule has 3 nitrogen and oxygen atoms in total. The van der Waals surface area contributed by atoms with Crippen molar-refractivity contribution in [3.8, 4) is 0 Å². The van der Waals surface area contributed by atoms with Crippen LogP contribution in [-0.4, -0.2) is 16.8 Å². The van der Waals surface area contributed by atoms with E-state index in [1.807, 2.05) is 19.9 Å². The number of fused-ring (bicyclic) bond motifs is 1. The van der Waals surface area contributed by atoms with E-state index in [2.05, 4.69) is 10.3 Å². The Morgan fingerprint density at radius 2 is 2.31 bits per heavy atom. The van der Waals surface area contributed by atoms with Gasteiger partial charge in [0.15, 0.2) is 0 Å². The highest BCUT2D eigenvalue weighted by molar-refractivity contribution is 7.99. The SMILES string of the molecule is Cc1cc(C)c2c(n1)SCNC2=O. The largest absolute Gasteiger partial charge is 0.343 e. The number of pyridine rings is 1. The van der Waals surface area contributed by atoms with Crippen LogP contribution in [0.2, 0.25) is 0 Å². The molecule has 1 aromatic heterocycles. The molecule has 0 unspecified atom stereocenters. The van der Waals surface area contributed by atoms with Crippen molar-refractivity contribution >= 4 is 17.7 Å². The lowest BCUT2D eigenvalue weighted by Gasteiger charge is -2.17. The van der Waals surface area contributed by atoms with E-state index in [0.717, 1.165) is 21.8 Å². The molecular weight excluding hydrogens is 184 g/mol. The zero-order valence-electron chi connectivity index (χ0n) is 7.55. The molecule has 0 aliphatic carbocycles. The number of amides is 1. The van der Waals surface area contributed by atoms with Gasteiger partial charge in [0.25, 0.3) is 5.91 Å². The van der Waals surface area contributed by atoms with E-state index in [9.17, 15) is 4.79 Å². The lowest BCUT2D eigenvalue weighted by atomic mass is 10.1. The number of nitrogens with one attached hydrogen (secondary N) is 1. The van der Waals surface area contributed by atoms with Gasteiger partial charge in [-0.3, -0.25) is 4.79 Å². The summed E-state index contributed by atoms with van der Waals surface area (Å²) in [6.45, 7) is 3.89. The van der Waals surface area contributed by atoms with Gasteiger partial charge in [-0.1, -0.05) is 11.8 Å². The van der Waals surface area contributed by atoms with Crippen LogP contribution in [0.4, 0.5) is 0 Å². The van der Waals surface area contributed by atoms with Crippen molar-refractivity contribution in [3.05, 3.63) is 22.9 Å². The molecule has 0 aromatic carbocycles. The third-order valence-corrected chi connectivity index (χ3v) is 2.84. The molecule has 2 rings (SSSR count). The van der Waals surface area contributed by atoms with Gasteiger partial charge >= 0.3 is 0 Å². The summed E-state index contributed by atoms with van der Waals surface area (Å²) in [5.74, 6) is 0.626. The topological polar surface area (TPSA) is 42.0 Å². The van der Waals surface area contributed by atoms with Crippen LogP contribution in [0.1, 0.15) is 21.6 Å². The van der Waals surface area contributed by atoms with Gasteiger partial charge in [-0.25, -0.2) is 4.98 Å². The fraction of sp³-hybridized carbons (Fsp3) is 0.333. The minimum absolute atomic E-state index is 0.00116. The highest BCUT2D eigenvalue weighted by Crippen LogP contribution is 2.26. The smallest absolute Gasteiger partial charge is 0.254 e. The molecule has 1 aliphatic rings. The van der Waals surface area contributed by atoms with Crippen LogP contribution >= 0.6 is 11.8 Å². The molecule has 1 amide bonds. The van der Waals surface area contributed by atoms with Crippen molar-refractivity contribution in [1.29, 1.82) is 0 Å². The number of nitrogens with zero attached hydrogens (tertiary/aromatic N) is 1. The Morgan fingerprint density at radius 1 is 1.54 bits per heavy atom. The minimum Gasteiger partial charge on any atom is -0.343 e. The monoisotopic (exact) mass is 194 g/mol. The van der Waals surface area contributed by atoms with Crippen LogP contribution in [0.25, 0.3) is 0 Å². The molecule has 1 aliphatic heterocycles. The number of thioether (sulfide) groups is 1. The molecule has 0 spiro atoms. The van der Waals surface area contributed by atoms with E-state index in [1.165, 1.54) is 0 Å². The van der Waals surface area contributed by atoms with Crippen molar-refractivity contribution in [3.63, 3.8) is 0 Å². The number of carbonyl (C=O) groups is 1.